The number of aromatic nitrogens is 2. The van der Waals surface area contributed by atoms with Crippen molar-refractivity contribution < 1.29 is 4.79 Å². The Kier molecular flexibility index (Phi) is 4.07. The normalized spacial score (nSPS) is 20.3. The third-order valence-corrected chi connectivity index (χ3v) is 4.35. The van der Waals surface area contributed by atoms with E-state index < -0.39 is 0 Å². The number of aryl methyl sites for hydroxylation is 2. The van der Waals surface area contributed by atoms with Gasteiger partial charge in [0.2, 0.25) is 5.91 Å². The highest BCUT2D eigenvalue weighted by Gasteiger charge is 2.24. The third kappa shape index (κ3) is 2.92. The van der Waals surface area contributed by atoms with E-state index in [0.717, 1.165) is 36.2 Å². The molecule has 6 heteroatoms. The van der Waals surface area contributed by atoms with E-state index in [0.29, 0.717) is 0 Å². The minimum Gasteiger partial charge on any atom is -0.352 e. The van der Waals surface area contributed by atoms with Crippen LogP contribution in [0.25, 0.3) is 0 Å². The van der Waals surface area contributed by atoms with Gasteiger partial charge in [-0.15, -0.1) is 0 Å². The first-order valence-corrected chi connectivity index (χ1v) is 6.94. The van der Waals surface area contributed by atoms with E-state index in [-0.39, 0.29) is 11.9 Å². The van der Waals surface area contributed by atoms with Crippen LogP contribution in [0.2, 0.25) is 0 Å². The number of rotatable bonds is 3. The molecule has 1 fully saturated rings. The summed E-state index contributed by atoms with van der Waals surface area (Å²) in [4.78, 5) is 13.4. The highest BCUT2D eigenvalue weighted by Crippen LogP contribution is 2.23. The van der Waals surface area contributed by atoms with Crippen molar-refractivity contribution in [1.82, 2.24) is 20.0 Å². The van der Waals surface area contributed by atoms with Crippen LogP contribution >= 0.6 is 15.9 Å². The molecule has 1 aliphatic heterocycles. The number of halogens is 1. The zero-order valence-corrected chi connectivity index (χ0v) is 12.6. The molecule has 1 N–H and O–H groups in total. The Labute approximate surface area is 116 Å². The van der Waals surface area contributed by atoms with E-state index in [4.69, 9.17) is 0 Å². The Morgan fingerprint density at radius 1 is 1.61 bits per heavy atom. The number of amides is 1. The van der Waals surface area contributed by atoms with Crippen molar-refractivity contribution >= 4 is 21.8 Å². The zero-order chi connectivity index (χ0) is 13.3. The summed E-state index contributed by atoms with van der Waals surface area (Å²) in [7, 11) is 1.97. The Hall–Kier alpha value is -0.880. The summed E-state index contributed by atoms with van der Waals surface area (Å²) >= 11 is 3.58. The van der Waals surface area contributed by atoms with Crippen molar-refractivity contribution in [3.63, 3.8) is 0 Å². The molecule has 1 saturated heterocycles. The van der Waals surface area contributed by atoms with E-state index in [1.165, 1.54) is 5.69 Å². The van der Waals surface area contributed by atoms with Crippen molar-refractivity contribution in [1.29, 1.82) is 0 Å². The van der Waals surface area contributed by atoms with Crippen molar-refractivity contribution in [2.75, 3.05) is 13.1 Å². The smallest absolute Gasteiger partial charge is 0.217 e. The summed E-state index contributed by atoms with van der Waals surface area (Å²) in [6.07, 6.45) is 1.02. The molecule has 18 heavy (non-hydrogen) atoms. The highest BCUT2D eigenvalue weighted by atomic mass is 79.9. The van der Waals surface area contributed by atoms with Gasteiger partial charge in [-0.2, -0.15) is 5.10 Å². The van der Waals surface area contributed by atoms with Crippen molar-refractivity contribution in [2.45, 2.75) is 32.9 Å². The lowest BCUT2D eigenvalue weighted by Gasteiger charge is -2.16. The maximum atomic E-state index is 11.0. The molecule has 1 unspecified atom stereocenters. The average Bonchev–Trinajstić information content (AvgIpc) is 2.79. The summed E-state index contributed by atoms with van der Waals surface area (Å²) in [5.74, 6) is 0.0550. The van der Waals surface area contributed by atoms with Gasteiger partial charge < -0.3 is 5.32 Å². The lowest BCUT2D eigenvalue weighted by molar-refractivity contribution is -0.119. The average molecular weight is 315 g/mol. The molecule has 0 bridgehead atoms. The SMILES string of the molecule is CC(=O)NC1CCN(Cc2c(Br)c(C)nn2C)C1. The molecular weight excluding hydrogens is 296 g/mol. The topological polar surface area (TPSA) is 50.2 Å². The van der Waals surface area contributed by atoms with Crippen LogP contribution in [0.5, 0.6) is 0 Å². The van der Waals surface area contributed by atoms with Gasteiger partial charge in [0.15, 0.2) is 0 Å². The number of likely N-dealkylation sites (tertiary alicyclic amines) is 1. The Balaban J connectivity index is 1.97. The molecule has 1 aromatic rings. The molecule has 1 atom stereocenters. The molecule has 0 radical (unpaired) electrons. The zero-order valence-electron chi connectivity index (χ0n) is 11.0. The molecule has 2 rings (SSSR count). The van der Waals surface area contributed by atoms with Crippen LogP contribution in [-0.2, 0) is 18.4 Å². The molecule has 0 aromatic carbocycles. The molecule has 2 heterocycles. The molecular formula is C12H19BrN4O. The van der Waals surface area contributed by atoms with Crippen molar-refractivity contribution in [3.8, 4) is 0 Å². The number of nitrogens with one attached hydrogen (secondary N) is 1. The van der Waals surface area contributed by atoms with Gasteiger partial charge in [-0.05, 0) is 29.3 Å². The second kappa shape index (κ2) is 5.40. The molecule has 5 nitrogen and oxygen atoms in total. The Bertz CT molecular complexity index is 457. The standard InChI is InChI=1S/C12H19BrN4O/c1-8-12(13)11(16(3)15-8)7-17-5-4-10(6-17)14-9(2)18/h10H,4-7H2,1-3H3,(H,14,18). The lowest BCUT2D eigenvalue weighted by atomic mass is 10.2. The Morgan fingerprint density at radius 2 is 2.33 bits per heavy atom. The number of nitrogens with zero attached hydrogens (tertiary/aromatic N) is 3. The summed E-state index contributed by atoms with van der Waals surface area (Å²) < 4.78 is 3.01. The van der Waals surface area contributed by atoms with Crippen LogP contribution in [0.15, 0.2) is 4.47 Å². The number of carbonyl (C=O) groups excluding carboxylic acids is 1. The van der Waals surface area contributed by atoms with E-state index in [2.05, 4.69) is 31.2 Å². The van der Waals surface area contributed by atoms with E-state index >= 15 is 0 Å². The molecule has 0 aliphatic carbocycles. The number of carbonyl (C=O) groups is 1. The fraction of sp³-hybridized carbons (Fsp3) is 0.667. The second-order valence-corrected chi connectivity index (χ2v) is 5.68. The van der Waals surface area contributed by atoms with Gasteiger partial charge in [-0.25, -0.2) is 0 Å². The number of hydrogen-bond acceptors (Lipinski definition) is 3. The highest BCUT2D eigenvalue weighted by molar-refractivity contribution is 9.10. The lowest BCUT2D eigenvalue weighted by Crippen LogP contribution is -2.35. The van der Waals surface area contributed by atoms with E-state index in [9.17, 15) is 4.79 Å². The quantitative estimate of drug-likeness (QED) is 0.912. The van der Waals surface area contributed by atoms with Crippen LogP contribution in [-0.4, -0.2) is 39.7 Å². The van der Waals surface area contributed by atoms with Crippen molar-refractivity contribution in [2.24, 2.45) is 7.05 Å². The predicted octanol–water partition coefficient (Wildman–Crippen LogP) is 1.20. The first kappa shape index (κ1) is 13.5. The van der Waals surface area contributed by atoms with Gasteiger partial charge in [-0.1, -0.05) is 0 Å². The molecule has 0 spiro atoms. The van der Waals surface area contributed by atoms with Gasteiger partial charge in [0.25, 0.3) is 0 Å². The summed E-state index contributed by atoms with van der Waals surface area (Å²) in [5.41, 5.74) is 2.21. The molecule has 100 valence electrons. The van der Waals surface area contributed by atoms with Crippen LogP contribution in [0.3, 0.4) is 0 Å². The second-order valence-electron chi connectivity index (χ2n) is 4.89. The maximum Gasteiger partial charge on any atom is 0.217 e. The first-order chi connectivity index (χ1) is 8.47. The maximum absolute atomic E-state index is 11.0. The summed E-state index contributed by atoms with van der Waals surface area (Å²) in [6, 6.07) is 0.288. The first-order valence-electron chi connectivity index (χ1n) is 6.14. The largest absolute Gasteiger partial charge is 0.352 e. The van der Waals surface area contributed by atoms with Crippen LogP contribution in [0.1, 0.15) is 24.7 Å². The minimum atomic E-state index is 0.0550. The molecule has 1 amide bonds. The minimum absolute atomic E-state index is 0.0550. The van der Waals surface area contributed by atoms with Gasteiger partial charge >= 0.3 is 0 Å². The van der Waals surface area contributed by atoms with Crippen LogP contribution < -0.4 is 5.32 Å². The van der Waals surface area contributed by atoms with Gasteiger partial charge in [0.05, 0.1) is 15.9 Å². The van der Waals surface area contributed by atoms with Crippen LogP contribution in [0.4, 0.5) is 0 Å². The fourth-order valence-corrected chi connectivity index (χ4v) is 2.91. The Morgan fingerprint density at radius 3 is 2.89 bits per heavy atom. The molecule has 1 aliphatic rings. The molecule has 1 aromatic heterocycles. The predicted molar refractivity (Wildman–Crippen MR) is 73.1 cm³/mol. The molecule has 0 saturated carbocycles. The van der Waals surface area contributed by atoms with Crippen LogP contribution in [0, 0.1) is 6.92 Å². The monoisotopic (exact) mass is 314 g/mol. The number of hydrogen-bond donors (Lipinski definition) is 1. The summed E-state index contributed by atoms with van der Waals surface area (Å²) in [6.45, 7) is 6.37. The van der Waals surface area contributed by atoms with Gasteiger partial charge in [0, 0.05) is 39.6 Å². The fourth-order valence-electron chi connectivity index (χ4n) is 2.45. The van der Waals surface area contributed by atoms with Gasteiger partial charge in [-0.3, -0.25) is 14.4 Å². The van der Waals surface area contributed by atoms with E-state index in [1.807, 2.05) is 18.7 Å². The van der Waals surface area contributed by atoms with Crippen molar-refractivity contribution in [3.05, 3.63) is 15.9 Å². The van der Waals surface area contributed by atoms with E-state index in [1.54, 1.807) is 6.92 Å². The third-order valence-electron chi connectivity index (χ3n) is 3.31. The summed E-state index contributed by atoms with van der Waals surface area (Å²) in [5, 5.41) is 7.37. The van der Waals surface area contributed by atoms with Gasteiger partial charge in [0.1, 0.15) is 0 Å².